The summed E-state index contributed by atoms with van der Waals surface area (Å²) >= 11 is 0. The Morgan fingerprint density at radius 3 is 2.48 bits per heavy atom. The number of rotatable bonds is 4. The van der Waals surface area contributed by atoms with Gasteiger partial charge in [-0.05, 0) is 0 Å². The molecule has 25 heavy (non-hydrogen) atoms. The average molecular weight is 351 g/mol. The molecular weight excluding hydrogens is 332 g/mol. The van der Waals surface area contributed by atoms with Crippen LogP contribution >= 0.6 is 0 Å². The Morgan fingerprint density at radius 1 is 1.20 bits per heavy atom. The lowest BCUT2D eigenvalue weighted by atomic mass is 10.1. The maximum atomic E-state index is 14.6. The van der Waals surface area contributed by atoms with Gasteiger partial charge in [-0.2, -0.15) is 5.10 Å². The van der Waals surface area contributed by atoms with Gasteiger partial charge in [-0.15, -0.1) is 0 Å². The third-order valence-electron chi connectivity index (χ3n) is 4.12. The summed E-state index contributed by atoms with van der Waals surface area (Å²) in [4.78, 5) is 13.4. The Labute approximate surface area is 144 Å². The molecule has 0 atom stereocenters. The second-order valence-electron chi connectivity index (χ2n) is 5.78. The molecule has 1 aromatic rings. The highest BCUT2D eigenvalue weighted by atomic mass is 19.1. The molecule has 0 spiro atoms. The summed E-state index contributed by atoms with van der Waals surface area (Å²) in [5, 5.41) is 5.24. The molecule has 0 N–H and O–H groups in total. The second kappa shape index (κ2) is 7.18. The van der Waals surface area contributed by atoms with Crippen LogP contribution in [-0.2, 0) is 14.3 Å². The van der Waals surface area contributed by atoms with Crippen molar-refractivity contribution in [3.63, 3.8) is 0 Å². The monoisotopic (exact) mass is 351 g/mol. The first kappa shape index (κ1) is 17.3. The van der Waals surface area contributed by atoms with Gasteiger partial charge < -0.3 is 14.4 Å². The number of halogens is 2. The lowest BCUT2D eigenvalue weighted by molar-refractivity contribution is -0.111. The second-order valence-corrected chi connectivity index (χ2v) is 5.78. The first-order valence-corrected chi connectivity index (χ1v) is 7.93. The quantitative estimate of drug-likeness (QED) is 0.834. The molecule has 134 valence electrons. The Kier molecular flexibility index (Phi) is 4.98. The van der Waals surface area contributed by atoms with E-state index in [1.54, 1.807) is 4.90 Å². The van der Waals surface area contributed by atoms with Crippen LogP contribution in [0.25, 0.3) is 0 Å². The van der Waals surface area contributed by atoms with Gasteiger partial charge in [0.15, 0.2) is 11.6 Å². The molecule has 0 saturated carbocycles. The van der Waals surface area contributed by atoms with Gasteiger partial charge in [0, 0.05) is 32.1 Å². The van der Waals surface area contributed by atoms with Crippen molar-refractivity contribution < 1.29 is 23.0 Å². The van der Waals surface area contributed by atoms with Gasteiger partial charge in [0.25, 0.3) is 0 Å². The summed E-state index contributed by atoms with van der Waals surface area (Å²) < 4.78 is 39.6. The summed E-state index contributed by atoms with van der Waals surface area (Å²) in [6.07, 6.45) is 1.66. The molecular formula is C17H19F2N3O3. The number of hydrogen-bond donors (Lipinski definition) is 0. The van der Waals surface area contributed by atoms with Crippen molar-refractivity contribution >= 4 is 22.9 Å². The third kappa shape index (κ3) is 3.63. The molecule has 3 rings (SSSR count). The molecule has 0 amide bonds. The number of carbonyl (C=O) groups excluding carboxylic acids is 1. The number of Topliss-reactive ketones (excluding diaryl/α,β-unsaturated/α-hetero) is 1. The number of anilines is 2. The van der Waals surface area contributed by atoms with E-state index in [2.05, 4.69) is 5.10 Å². The summed E-state index contributed by atoms with van der Waals surface area (Å²) in [5.74, 6) is -1.00. The number of ether oxygens (including phenoxy) is 2. The Morgan fingerprint density at radius 2 is 1.84 bits per heavy atom. The summed E-state index contributed by atoms with van der Waals surface area (Å²) in [6.45, 7) is 3.32. The predicted molar refractivity (Wildman–Crippen MR) is 89.7 cm³/mol. The molecule has 8 heteroatoms. The molecule has 1 fully saturated rings. The van der Waals surface area contributed by atoms with Crippen molar-refractivity contribution in [2.45, 2.75) is 13.3 Å². The van der Waals surface area contributed by atoms with Crippen molar-refractivity contribution in [3.8, 4) is 0 Å². The number of hydrazone groups is 1. The summed E-state index contributed by atoms with van der Waals surface area (Å²) in [6, 6.07) is 2.23. The molecule has 0 aromatic heterocycles. The Hall–Kier alpha value is -2.48. The Balaban J connectivity index is 1.96. The molecule has 2 aliphatic heterocycles. The zero-order chi connectivity index (χ0) is 18.0. The summed E-state index contributed by atoms with van der Waals surface area (Å²) in [7, 11) is 1.45. The van der Waals surface area contributed by atoms with Crippen LogP contribution in [-0.4, -0.2) is 44.9 Å². The van der Waals surface area contributed by atoms with E-state index >= 15 is 0 Å². The average Bonchev–Trinajstić information content (AvgIpc) is 2.63. The smallest absolute Gasteiger partial charge is 0.176 e. The fourth-order valence-corrected chi connectivity index (χ4v) is 2.73. The number of nitrogens with zero attached hydrogens (tertiary/aromatic N) is 3. The van der Waals surface area contributed by atoms with Gasteiger partial charge in [0.05, 0.1) is 38.6 Å². The maximum absolute atomic E-state index is 14.6. The highest BCUT2D eigenvalue weighted by Gasteiger charge is 2.24. The van der Waals surface area contributed by atoms with Crippen LogP contribution in [0, 0.1) is 11.6 Å². The van der Waals surface area contributed by atoms with Gasteiger partial charge in [-0.25, -0.2) is 13.8 Å². The number of carbonyl (C=O) groups is 1. The third-order valence-corrected chi connectivity index (χ3v) is 4.12. The molecule has 1 aromatic carbocycles. The highest BCUT2D eigenvalue weighted by Crippen LogP contribution is 2.31. The van der Waals surface area contributed by atoms with Crippen LogP contribution in [0.5, 0.6) is 0 Å². The molecule has 6 nitrogen and oxygen atoms in total. The molecule has 2 heterocycles. The van der Waals surface area contributed by atoms with Crippen LogP contribution in [0.2, 0.25) is 0 Å². The van der Waals surface area contributed by atoms with Crippen molar-refractivity contribution in [2.75, 3.05) is 43.3 Å². The van der Waals surface area contributed by atoms with E-state index in [-0.39, 0.29) is 29.3 Å². The van der Waals surface area contributed by atoms with Crippen LogP contribution in [0.3, 0.4) is 0 Å². The van der Waals surface area contributed by atoms with Gasteiger partial charge in [-0.3, -0.25) is 4.79 Å². The topological polar surface area (TPSA) is 54.4 Å². The zero-order valence-corrected chi connectivity index (χ0v) is 14.1. The van der Waals surface area contributed by atoms with Crippen molar-refractivity contribution in [1.29, 1.82) is 0 Å². The first-order chi connectivity index (χ1) is 12.0. The van der Waals surface area contributed by atoms with Gasteiger partial charge in [-0.1, -0.05) is 0 Å². The van der Waals surface area contributed by atoms with Crippen LogP contribution in [0.4, 0.5) is 20.2 Å². The van der Waals surface area contributed by atoms with Crippen LogP contribution in [0.1, 0.15) is 13.3 Å². The number of hydrogen-bond acceptors (Lipinski definition) is 6. The van der Waals surface area contributed by atoms with E-state index in [9.17, 15) is 13.6 Å². The van der Waals surface area contributed by atoms with Crippen molar-refractivity contribution in [2.24, 2.45) is 5.10 Å². The minimum atomic E-state index is -0.636. The van der Waals surface area contributed by atoms with E-state index in [1.807, 2.05) is 0 Å². The van der Waals surface area contributed by atoms with Gasteiger partial charge in [0.1, 0.15) is 23.0 Å². The molecule has 0 radical (unpaired) electrons. The fraction of sp³-hybridized carbons (Fsp3) is 0.412. The standard InChI is InChI=1S/C17H19F2N3O3/c1-11(23)15-7-12(24-2)10-22(20-15)17-9-13(18)16(8-14(17)19)21-3-5-25-6-4-21/h8-10H,3-7H2,1-2H3. The minimum Gasteiger partial charge on any atom is -0.499 e. The number of ketones is 1. The first-order valence-electron chi connectivity index (χ1n) is 7.93. The molecule has 0 bridgehead atoms. The molecule has 0 unspecified atom stereocenters. The van der Waals surface area contributed by atoms with E-state index in [1.165, 1.54) is 20.2 Å². The normalized spacial score (nSPS) is 17.9. The maximum Gasteiger partial charge on any atom is 0.176 e. The van der Waals surface area contributed by atoms with E-state index in [4.69, 9.17) is 9.47 Å². The molecule has 0 aliphatic carbocycles. The predicted octanol–water partition coefficient (Wildman–Crippen LogP) is 2.44. The highest BCUT2D eigenvalue weighted by molar-refractivity contribution is 6.39. The van der Waals surface area contributed by atoms with Crippen LogP contribution < -0.4 is 9.91 Å². The number of benzene rings is 1. The fourth-order valence-electron chi connectivity index (χ4n) is 2.73. The number of allylic oxidation sites excluding steroid dienone is 1. The largest absolute Gasteiger partial charge is 0.499 e. The lowest BCUT2D eigenvalue weighted by Crippen LogP contribution is -2.37. The van der Waals surface area contributed by atoms with E-state index in [0.717, 1.165) is 17.1 Å². The zero-order valence-electron chi connectivity index (χ0n) is 14.1. The van der Waals surface area contributed by atoms with Gasteiger partial charge in [0.2, 0.25) is 0 Å². The van der Waals surface area contributed by atoms with Crippen molar-refractivity contribution in [1.82, 2.24) is 0 Å². The SMILES string of the molecule is COC1=CN(c2cc(F)c(N3CCOCC3)cc2F)N=C(C(C)=O)C1. The summed E-state index contributed by atoms with van der Waals surface area (Å²) in [5.41, 5.74) is 0.326. The van der Waals surface area contributed by atoms with Gasteiger partial charge >= 0.3 is 0 Å². The molecule has 2 aliphatic rings. The Bertz CT molecular complexity index is 743. The number of morpholine rings is 1. The number of methoxy groups -OCH3 is 1. The van der Waals surface area contributed by atoms with E-state index < -0.39 is 11.6 Å². The van der Waals surface area contributed by atoms with E-state index in [0.29, 0.717) is 32.1 Å². The van der Waals surface area contributed by atoms with Crippen LogP contribution in [0.15, 0.2) is 29.2 Å². The molecule has 1 saturated heterocycles. The minimum absolute atomic E-state index is 0.0810. The lowest BCUT2D eigenvalue weighted by Gasteiger charge is -2.30. The van der Waals surface area contributed by atoms with Crippen molar-refractivity contribution in [3.05, 3.63) is 35.7 Å².